The van der Waals surface area contributed by atoms with Crippen LogP contribution in [0.1, 0.15) is 25.3 Å². The second-order valence-electron chi connectivity index (χ2n) is 4.70. The van der Waals surface area contributed by atoms with Gasteiger partial charge >= 0.3 is 0 Å². The third kappa shape index (κ3) is 2.95. The Morgan fingerprint density at radius 1 is 1.47 bits per heavy atom. The standard InChI is InChI=1S/C12H16BrNO/c1-12(4-5-12)8-14-7-9-2-3-11(15)10(13)6-9/h2-3,6,14-15H,4-5,7-8H2,1H3. The number of phenolic OH excluding ortho intramolecular Hbond substituents is 1. The third-order valence-corrected chi connectivity index (χ3v) is 3.63. The van der Waals surface area contributed by atoms with Crippen LogP contribution in [-0.4, -0.2) is 11.7 Å². The molecule has 0 aliphatic heterocycles. The molecule has 82 valence electrons. The van der Waals surface area contributed by atoms with Crippen LogP contribution in [0.4, 0.5) is 0 Å². The number of rotatable bonds is 4. The summed E-state index contributed by atoms with van der Waals surface area (Å²) < 4.78 is 0.763. The minimum absolute atomic E-state index is 0.299. The summed E-state index contributed by atoms with van der Waals surface area (Å²) in [6.45, 7) is 4.27. The molecule has 1 saturated carbocycles. The molecule has 1 aliphatic carbocycles. The summed E-state index contributed by atoms with van der Waals surface area (Å²) in [5.74, 6) is 0.299. The van der Waals surface area contributed by atoms with Crippen molar-refractivity contribution in [1.29, 1.82) is 0 Å². The summed E-state index contributed by atoms with van der Waals surface area (Å²) in [4.78, 5) is 0. The van der Waals surface area contributed by atoms with E-state index in [1.54, 1.807) is 6.07 Å². The highest BCUT2D eigenvalue weighted by Crippen LogP contribution is 2.44. The quantitative estimate of drug-likeness (QED) is 0.881. The molecule has 0 bridgehead atoms. The molecule has 0 heterocycles. The number of hydrogen-bond donors (Lipinski definition) is 2. The first-order valence-corrected chi connectivity index (χ1v) is 6.06. The lowest BCUT2D eigenvalue weighted by atomic mass is 10.1. The van der Waals surface area contributed by atoms with Gasteiger partial charge < -0.3 is 10.4 Å². The van der Waals surface area contributed by atoms with E-state index in [2.05, 4.69) is 28.2 Å². The van der Waals surface area contributed by atoms with Crippen LogP contribution < -0.4 is 5.32 Å². The molecule has 1 aromatic carbocycles. The van der Waals surface area contributed by atoms with Crippen molar-refractivity contribution in [2.24, 2.45) is 5.41 Å². The molecule has 0 radical (unpaired) electrons. The number of benzene rings is 1. The molecule has 3 heteroatoms. The highest BCUT2D eigenvalue weighted by atomic mass is 79.9. The fraction of sp³-hybridized carbons (Fsp3) is 0.500. The Kier molecular flexibility index (Phi) is 3.03. The molecule has 0 spiro atoms. The first kappa shape index (κ1) is 11.0. The van der Waals surface area contributed by atoms with E-state index in [1.807, 2.05) is 12.1 Å². The van der Waals surface area contributed by atoms with E-state index in [-0.39, 0.29) is 0 Å². The van der Waals surface area contributed by atoms with Crippen LogP contribution in [0.25, 0.3) is 0 Å². The summed E-state index contributed by atoms with van der Waals surface area (Å²) in [6, 6.07) is 5.62. The van der Waals surface area contributed by atoms with Crippen molar-refractivity contribution < 1.29 is 5.11 Å². The molecule has 0 unspecified atom stereocenters. The van der Waals surface area contributed by atoms with E-state index >= 15 is 0 Å². The van der Waals surface area contributed by atoms with Crippen LogP contribution >= 0.6 is 15.9 Å². The maximum absolute atomic E-state index is 9.34. The predicted octanol–water partition coefficient (Wildman–Crippen LogP) is 3.04. The Morgan fingerprint density at radius 3 is 2.80 bits per heavy atom. The van der Waals surface area contributed by atoms with E-state index in [4.69, 9.17) is 0 Å². The molecule has 2 nitrogen and oxygen atoms in total. The van der Waals surface area contributed by atoms with Gasteiger partial charge in [0.1, 0.15) is 5.75 Å². The Hall–Kier alpha value is -0.540. The molecule has 0 atom stereocenters. The van der Waals surface area contributed by atoms with E-state index in [1.165, 1.54) is 18.4 Å². The minimum Gasteiger partial charge on any atom is -0.507 e. The zero-order chi connectivity index (χ0) is 10.9. The fourth-order valence-corrected chi connectivity index (χ4v) is 1.99. The van der Waals surface area contributed by atoms with Crippen LogP contribution in [0, 0.1) is 5.41 Å². The summed E-state index contributed by atoms with van der Waals surface area (Å²) in [5, 5.41) is 12.8. The smallest absolute Gasteiger partial charge is 0.129 e. The second kappa shape index (κ2) is 4.14. The van der Waals surface area contributed by atoms with Crippen LogP contribution in [-0.2, 0) is 6.54 Å². The number of halogens is 1. The normalized spacial score (nSPS) is 17.7. The summed E-state index contributed by atoms with van der Waals surface area (Å²) in [5.41, 5.74) is 1.75. The Balaban J connectivity index is 1.85. The van der Waals surface area contributed by atoms with E-state index < -0.39 is 0 Å². The highest BCUT2D eigenvalue weighted by molar-refractivity contribution is 9.10. The number of nitrogens with one attached hydrogen (secondary N) is 1. The third-order valence-electron chi connectivity index (χ3n) is 3.00. The number of aromatic hydroxyl groups is 1. The van der Waals surface area contributed by atoms with Gasteiger partial charge in [0.2, 0.25) is 0 Å². The summed E-state index contributed by atoms with van der Waals surface area (Å²) >= 11 is 3.31. The van der Waals surface area contributed by atoms with Crippen molar-refractivity contribution in [3.63, 3.8) is 0 Å². The van der Waals surface area contributed by atoms with Gasteiger partial charge in [0, 0.05) is 13.1 Å². The molecule has 15 heavy (non-hydrogen) atoms. The molecule has 1 fully saturated rings. The fourth-order valence-electron chi connectivity index (χ4n) is 1.56. The highest BCUT2D eigenvalue weighted by Gasteiger charge is 2.36. The van der Waals surface area contributed by atoms with Gasteiger partial charge in [-0.1, -0.05) is 13.0 Å². The average Bonchev–Trinajstić information content (AvgIpc) is 2.90. The van der Waals surface area contributed by atoms with E-state index in [0.717, 1.165) is 17.6 Å². The lowest BCUT2D eigenvalue weighted by Crippen LogP contribution is -2.21. The number of phenols is 1. The maximum Gasteiger partial charge on any atom is 0.129 e. The first-order chi connectivity index (χ1) is 7.09. The van der Waals surface area contributed by atoms with Gasteiger partial charge in [-0.3, -0.25) is 0 Å². The second-order valence-corrected chi connectivity index (χ2v) is 5.55. The average molecular weight is 270 g/mol. The molecule has 0 saturated heterocycles. The Labute approximate surface area is 98.8 Å². The van der Waals surface area contributed by atoms with Gasteiger partial charge in [0.15, 0.2) is 0 Å². The lowest BCUT2D eigenvalue weighted by Gasteiger charge is -2.10. The molecule has 2 rings (SSSR count). The predicted molar refractivity (Wildman–Crippen MR) is 64.9 cm³/mol. The van der Waals surface area contributed by atoms with Crippen molar-refractivity contribution in [3.05, 3.63) is 28.2 Å². The molecule has 1 aliphatic rings. The van der Waals surface area contributed by atoms with Crippen molar-refractivity contribution >= 4 is 15.9 Å². The van der Waals surface area contributed by atoms with E-state index in [0.29, 0.717) is 11.2 Å². The molecule has 2 N–H and O–H groups in total. The van der Waals surface area contributed by atoms with Gasteiger partial charge in [0.25, 0.3) is 0 Å². The van der Waals surface area contributed by atoms with Gasteiger partial charge in [0.05, 0.1) is 4.47 Å². The van der Waals surface area contributed by atoms with Gasteiger partial charge in [-0.25, -0.2) is 0 Å². The molecule has 0 aromatic heterocycles. The Bertz CT molecular complexity index is 361. The Morgan fingerprint density at radius 2 is 2.20 bits per heavy atom. The molecule has 0 amide bonds. The SMILES string of the molecule is CC1(CNCc2ccc(O)c(Br)c2)CC1. The minimum atomic E-state index is 0.299. The van der Waals surface area contributed by atoms with Gasteiger partial charge in [-0.05, 0) is 51.9 Å². The lowest BCUT2D eigenvalue weighted by molar-refractivity contribution is 0.470. The van der Waals surface area contributed by atoms with Crippen LogP contribution in [0.15, 0.2) is 22.7 Å². The largest absolute Gasteiger partial charge is 0.507 e. The topological polar surface area (TPSA) is 32.3 Å². The first-order valence-electron chi connectivity index (χ1n) is 5.27. The van der Waals surface area contributed by atoms with Crippen molar-refractivity contribution in [3.8, 4) is 5.75 Å². The molecule has 1 aromatic rings. The van der Waals surface area contributed by atoms with Crippen molar-refractivity contribution in [1.82, 2.24) is 5.32 Å². The monoisotopic (exact) mass is 269 g/mol. The van der Waals surface area contributed by atoms with E-state index in [9.17, 15) is 5.11 Å². The summed E-state index contributed by atoms with van der Waals surface area (Å²) in [6.07, 6.45) is 2.69. The number of hydrogen-bond acceptors (Lipinski definition) is 2. The van der Waals surface area contributed by atoms with Gasteiger partial charge in [-0.15, -0.1) is 0 Å². The van der Waals surface area contributed by atoms with Crippen molar-refractivity contribution in [2.75, 3.05) is 6.54 Å². The molecular formula is C12H16BrNO. The van der Waals surface area contributed by atoms with Crippen LogP contribution in [0.5, 0.6) is 5.75 Å². The zero-order valence-corrected chi connectivity index (χ0v) is 10.5. The van der Waals surface area contributed by atoms with Crippen molar-refractivity contribution in [2.45, 2.75) is 26.3 Å². The molecular weight excluding hydrogens is 254 g/mol. The zero-order valence-electron chi connectivity index (χ0n) is 8.89. The maximum atomic E-state index is 9.34. The summed E-state index contributed by atoms with van der Waals surface area (Å²) in [7, 11) is 0. The van der Waals surface area contributed by atoms with Crippen LogP contribution in [0.3, 0.4) is 0 Å². The van der Waals surface area contributed by atoms with Crippen LogP contribution in [0.2, 0.25) is 0 Å². The van der Waals surface area contributed by atoms with Gasteiger partial charge in [-0.2, -0.15) is 0 Å².